The minimum Gasteiger partial charge on any atom is -0.390 e. The molecule has 14 atom stereocenters. The molecule has 504 valence electrons. The van der Waals surface area contributed by atoms with Gasteiger partial charge in [0.2, 0.25) is 65.0 Å². The molecular formula is C64H115N11O13. The summed E-state index contributed by atoms with van der Waals surface area (Å²) in [5.74, 6) is -11.3. The lowest BCUT2D eigenvalue weighted by atomic mass is 9.91. The molecule has 1 aliphatic heterocycles. The molecule has 1 fully saturated rings. The zero-order valence-electron chi connectivity index (χ0n) is 58.0. The number of allylic oxidation sites excluding steroid dienone is 2. The van der Waals surface area contributed by atoms with Gasteiger partial charge in [0.1, 0.15) is 66.5 Å². The molecule has 0 bridgehead atoms. The monoisotopic (exact) mass is 1250 g/mol. The Labute approximate surface area is 526 Å². The van der Waals surface area contributed by atoms with Crippen molar-refractivity contribution in [2.75, 3.05) is 56.0 Å². The van der Waals surface area contributed by atoms with Gasteiger partial charge in [-0.05, 0) is 94.3 Å². The summed E-state index contributed by atoms with van der Waals surface area (Å²) >= 11 is 0. The number of nitrogens with one attached hydrogen (secondary N) is 5. The highest BCUT2D eigenvalue weighted by molar-refractivity contribution is 6.00. The SMILES string of the molecule is C/C=C/C[C@@H](C)[C@@H](O)[C@H]1C(=O)N[C@@H](CC)C(=O)N(C)[C@H](C(C)C)C(=O)N[C@@H]([C@H](C)COC)C(=O)N[C@@H](C(C)C)C(=O)N(C)[C@@H](CC(C)C)C(=O)N[C@@H](C)C(=O)N[C@H](C)C(=O)N(C)[C@@H](CC(C)C)C(=O)N(C)[C@@H](CC(C)C)C(=O)N(C)[C@@H](C(C)C)C(=O)N1C. The van der Waals surface area contributed by atoms with Gasteiger partial charge in [0.15, 0.2) is 0 Å². The van der Waals surface area contributed by atoms with Crippen LogP contribution >= 0.6 is 0 Å². The summed E-state index contributed by atoms with van der Waals surface area (Å²) in [5, 5.41) is 26.0. The molecule has 0 saturated carbocycles. The fourth-order valence-corrected chi connectivity index (χ4v) is 11.3. The maximum Gasteiger partial charge on any atom is 0.246 e. The number of amides is 11. The first-order valence-corrected chi connectivity index (χ1v) is 31.6. The van der Waals surface area contributed by atoms with Gasteiger partial charge in [0.25, 0.3) is 0 Å². The van der Waals surface area contributed by atoms with Crippen molar-refractivity contribution in [3.63, 3.8) is 0 Å². The Morgan fingerprint density at radius 2 is 0.875 bits per heavy atom. The van der Waals surface area contributed by atoms with Crippen molar-refractivity contribution in [2.45, 2.75) is 229 Å². The molecule has 24 heteroatoms. The third kappa shape index (κ3) is 21.8. The van der Waals surface area contributed by atoms with E-state index in [1.165, 1.54) is 87.7 Å². The number of ether oxygens (including phenoxy) is 1. The second kappa shape index (κ2) is 36.5. The van der Waals surface area contributed by atoms with Crippen LogP contribution < -0.4 is 26.6 Å². The zero-order valence-corrected chi connectivity index (χ0v) is 58.0. The molecule has 1 heterocycles. The third-order valence-corrected chi connectivity index (χ3v) is 16.7. The molecule has 11 amide bonds. The fourth-order valence-electron chi connectivity index (χ4n) is 11.3. The second-order valence-corrected chi connectivity index (χ2v) is 26.8. The predicted molar refractivity (Wildman–Crippen MR) is 339 cm³/mol. The van der Waals surface area contributed by atoms with Gasteiger partial charge in [0, 0.05) is 55.3 Å². The maximum atomic E-state index is 15.2. The Morgan fingerprint density at radius 1 is 0.455 bits per heavy atom. The Morgan fingerprint density at radius 3 is 1.33 bits per heavy atom. The Kier molecular flexibility index (Phi) is 33.1. The molecule has 0 aromatic carbocycles. The molecule has 1 saturated heterocycles. The summed E-state index contributed by atoms with van der Waals surface area (Å²) in [6, 6.07) is -14.0. The summed E-state index contributed by atoms with van der Waals surface area (Å²) < 4.78 is 5.44. The van der Waals surface area contributed by atoms with Crippen molar-refractivity contribution in [3.8, 4) is 0 Å². The van der Waals surface area contributed by atoms with Crippen LogP contribution in [0.15, 0.2) is 12.2 Å². The summed E-state index contributed by atoms with van der Waals surface area (Å²) in [7, 11) is 9.92. The van der Waals surface area contributed by atoms with E-state index >= 15 is 9.59 Å². The Bertz CT molecular complexity index is 2400. The lowest BCUT2D eigenvalue weighted by Crippen LogP contribution is -2.64. The summed E-state index contributed by atoms with van der Waals surface area (Å²) in [6.07, 6.45) is 2.79. The molecule has 1 rings (SSSR count). The fraction of sp³-hybridized carbons (Fsp3) is 0.797. The standard InChI is InChI=1S/C64H115N11O13/c1-26-28-29-40(15)53(76)52-58(81)67-44(27-2)60(83)73(22)50(38(11)12)57(80)69-49(41(16)33-88-25)56(79)68-48(37(9)10)63(86)70(19)45(30-34(3)4)55(78)65-42(17)54(77)66-43(18)59(82)71(20)46(31-35(5)6)61(84)72(21)47(32-36(7)8)62(85)74(23)51(39(13)14)64(87)75(52)24/h26,28,34-53,76H,27,29-33H2,1-25H3,(H,65,78)(H,66,77)(H,67,81)(H,68,79)(H,69,80)/b28-26+/t40-,41-,42+,43-,44+,45+,46+,47+,48+,49+,50-,51+,52+,53-/m1/s1. The van der Waals surface area contributed by atoms with E-state index in [1.807, 2.05) is 41.5 Å². The number of aliphatic hydroxyl groups excluding tert-OH is 1. The van der Waals surface area contributed by atoms with Crippen molar-refractivity contribution >= 4 is 65.0 Å². The topological polar surface area (TPSA) is 297 Å². The number of carbonyl (C=O) groups is 11. The molecule has 6 N–H and O–H groups in total. The van der Waals surface area contributed by atoms with Crippen molar-refractivity contribution in [3.05, 3.63) is 12.2 Å². The largest absolute Gasteiger partial charge is 0.390 e. The zero-order chi connectivity index (χ0) is 68.3. The van der Waals surface area contributed by atoms with Crippen LogP contribution in [0.1, 0.15) is 157 Å². The quantitative estimate of drug-likeness (QED) is 0.114. The highest BCUT2D eigenvalue weighted by Gasteiger charge is 2.46. The third-order valence-electron chi connectivity index (χ3n) is 16.7. The number of hydrogen-bond donors (Lipinski definition) is 6. The van der Waals surface area contributed by atoms with Crippen LogP contribution in [0.25, 0.3) is 0 Å². The molecule has 0 aromatic rings. The average Bonchev–Trinajstić information content (AvgIpc) is 2.79. The maximum absolute atomic E-state index is 15.2. The van der Waals surface area contributed by atoms with Crippen molar-refractivity contribution in [1.82, 2.24) is 56.0 Å². The molecule has 0 aliphatic carbocycles. The van der Waals surface area contributed by atoms with Gasteiger partial charge in [-0.2, -0.15) is 0 Å². The van der Waals surface area contributed by atoms with Gasteiger partial charge in [-0.25, -0.2) is 0 Å². The van der Waals surface area contributed by atoms with Crippen molar-refractivity contribution < 1.29 is 62.6 Å². The van der Waals surface area contributed by atoms with Crippen LogP contribution in [0.3, 0.4) is 0 Å². The van der Waals surface area contributed by atoms with Crippen LogP contribution in [0.2, 0.25) is 0 Å². The first-order chi connectivity index (χ1) is 40.7. The summed E-state index contributed by atoms with van der Waals surface area (Å²) in [4.78, 5) is 169. The van der Waals surface area contributed by atoms with Gasteiger partial charge < -0.3 is 65.8 Å². The van der Waals surface area contributed by atoms with Gasteiger partial charge in [-0.15, -0.1) is 0 Å². The van der Waals surface area contributed by atoms with E-state index in [9.17, 15) is 48.3 Å². The highest BCUT2D eigenvalue weighted by atomic mass is 16.5. The van der Waals surface area contributed by atoms with Gasteiger partial charge >= 0.3 is 0 Å². The number of likely N-dealkylation sites (N-methyl/N-ethyl adjacent to an activating group) is 6. The van der Waals surface area contributed by atoms with E-state index in [0.717, 1.165) is 4.90 Å². The van der Waals surface area contributed by atoms with E-state index in [4.69, 9.17) is 4.74 Å². The highest BCUT2D eigenvalue weighted by Crippen LogP contribution is 2.26. The number of rotatable bonds is 17. The molecule has 1 aliphatic rings. The van der Waals surface area contributed by atoms with E-state index in [-0.39, 0.29) is 50.0 Å². The Balaban J connectivity index is 4.44. The smallest absolute Gasteiger partial charge is 0.246 e. The number of hydrogen-bond acceptors (Lipinski definition) is 13. The minimum absolute atomic E-state index is 0.00498. The van der Waals surface area contributed by atoms with E-state index in [2.05, 4.69) is 26.6 Å². The first-order valence-electron chi connectivity index (χ1n) is 31.6. The number of nitrogens with zero attached hydrogens (tertiary/aromatic N) is 6. The minimum atomic E-state index is -1.64. The van der Waals surface area contributed by atoms with E-state index in [0.29, 0.717) is 6.42 Å². The summed E-state index contributed by atoms with van der Waals surface area (Å²) in [5.41, 5.74) is 0. The molecular weight excluding hydrogens is 1130 g/mol. The lowest BCUT2D eigenvalue weighted by Gasteiger charge is -2.41. The molecule has 0 aromatic heterocycles. The molecule has 0 spiro atoms. The van der Waals surface area contributed by atoms with Gasteiger partial charge in [-0.3, -0.25) is 52.7 Å². The molecule has 0 unspecified atom stereocenters. The molecule has 24 nitrogen and oxygen atoms in total. The number of aliphatic hydroxyl groups is 1. The normalized spacial score (nSPS) is 27.5. The van der Waals surface area contributed by atoms with E-state index < -0.39 is 167 Å². The van der Waals surface area contributed by atoms with Crippen LogP contribution in [-0.2, 0) is 57.5 Å². The van der Waals surface area contributed by atoms with Gasteiger partial charge in [0.05, 0.1) is 12.7 Å². The van der Waals surface area contributed by atoms with Crippen LogP contribution in [0.5, 0.6) is 0 Å². The summed E-state index contributed by atoms with van der Waals surface area (Å²) in [6.45, 7) is 31.1. The molecule has 0 radical (unpaired) electrons. The second-order valence-electron chi connectivity index (χ2n) is 26.8. The molecule has 88 heavy (non-hydrogen) atoms. The van der Waals surface area contributed by atoms with Crippen LogP contribution in [0, 0.1) is 47.3 Å². The van der Waals surface area contributed by atoms with Crippen LogP contribution in [-0.4, -0.2) is 228 Å². The average molecular weight is 1250 g/mol. The van der Waals surface area contributed by atoms with Crippen molar-refractivity contribution in [1.29, 1.82) is 0 Å². The number of carbonyl (C=O) groups excluding carboxylic acids is 11. The van der Waals surface area contributed by atoms with Crippen molar-refractivity contribution in [2.24, 2.45) is 47.3 Å². The number of methoxy groups -OCH3 is 1. The van der Waals surface area contributed by atoms with E-state index in [1.54, 1.807) is 81.4 Å². The van der Waals surface area contributed by atoms with Gasteiger partial charge in [-0.1, -0.05) is 116 Å². The predicted octanol–water partition coefficient (Wildman–Crippen LogP) is 3.19. The van der Waals surface area contributed by atoms with Crippen LogP contribution in [0.4, 0.5) is 0 Å². The Hall–Kier alpha value is -6.17. The first kappa shape index (κ1) is 79.8. The lowest BCUT2D eigenvalue weighted by molar-refractivity contribution is -0.157.